The van der Waals surface area contributed by atoms with Crippen LogP contribution in [0, 0.1) is 11.8 Å². The largest absolute Gasteiger partial charge is 0.353 e. The quantitative estimate of drug-likeness (QED) is 0.585. The van der Waals surface area contributed by atoms with E-state index >= 15 is 0 Å². The fraction of sp³-hybridized carbons (Fsp3) is 0.929. The molecule has 0 aromatic heterocycles. The van der Waals surface area contributed by atoms with Crippen LogP contribution in [0.3, 0.4) is 0 Å². The lowest BCUT2D eigenvalue weighted by atomic mass is 9.78. The molecule has 2 atom stereocenters. The van der Waals surface area contributed by atoms with Crippen LogP contribution in [0.25, 0.3) is 0 Å². The Labute approximate surface area is 114 Å². The molecule has 1 aliphatic carbocycles. The first-order valence-corrected chi connectivity index (χ1v) is 8.12. The van der Waals surface area contributed by atoms with Gasteiger partial charge in [0, 0.05) is 17.8 Å². The lowest BCUT2D eigenvalue weighted by Gasteiger charge is -2.34. The Bertz CT molecular complexity index is 230. The van der Waals surface area contributed by atoms with E-state index < -0.39 is 0 Å². The highest BCUT2D eigenvalue weighted by atomic mass is 79.9. The maximum atomic E-state index is 11.8. The van der Waals surface area contributed by atoms with Crippen molar-refractivity contribution in [3.8, 4) is 0 Å². The molecule has 1 saturated carbocycles. The average molecular weight is 304 g/mol. The molecule has 1 aliphatic rings. The number of carbonyl (C=O) groups is 1. The third-order valence-corrected chi connectivity index (χ3v) is 4.37. The van der Waals surface area contributed by atoms with E-state index in [1.165, 1.54) is 25.7 Å². The summed E-state index contributed by atoms with van der Waals surface area (Å²) in [6, 6.07) is 0.431. The first kappa shape index (κ1) is 15.0. The first-order valence-electron chi connectivity index (χ1n) is 7.00. The van der Waals surface area contributed by atoms with Gasteiger partial charge >= 0.3 is 0 Å². The predicted octanol–water partition coefficient (Wildman–Crippen LogP) is 3.88. The third-order valence-electron chi connectivity index (χ3n) is 3.81. The maximum Gasteiger partial charge on any atom is 0.220 e. The Morgan fingerprint density at radius 3 is 2.65 bits per heavy atom. The second-order valence-electron chi connectivity index (χ2n) is 5.51. The van der Waals surface area contributed by atoms with Crippen LogP contribution < -0.4 is 5.32 Å². The topological polar surface area (TPSA) is 29.1 Å². The van der Waals surface area contributed by atoms with Crippen molar-refractivity contribution >= 4 is 21.8 Å². The van der Waals surface area contributed by atoms with E-state index in [0.29, 0.717) is 24.3 Å². The molecule has 0 aromatic carbocycles. The number of nitrogens with one attached hydrogen (secondary N) is 1. The van der Waals surface area contributed by atoms with Crippen LogP contribution in [0.2, 0.25) is 0 Å². The Morgan fingerprint density at radius 1 is 1.29 bits per heavy atom. The molecule has 0 aromatic rings. The molecule has 1 fully saturated rings. The molecule has 0 bridgehead atoms. The maximum absolute atomic E-state index is 11.8. The van der Waals surface area contributed by atoms with Crippen LogP contribution in [-0.4, -0.2) is 17.3 Å². The molecule has 2 unspecified atom stereocenters. The number of rotatable bonds is 6. The van der Waals surface area contributed by atoms with Crippen molar-refractivity contribution in [2.45, 2.75) is 64.8 Å². The van der Waals surface area contributed by atoms with Gasteiger partial charge in [0.25, 0.3) is 0 Å². The molecule has 1 rings (SSSR count). The molecule has 0 aliphatic heterocycles. The fourth-order valence-corrected chi connectivity index (χ4v) is 3.19. The molecule has 0 saturated heterocycles. The van der Waals surface area contributed by atoms with Gasteiger partial charge in [0.1, 0.15) is 0 Å². The van der Waals surface area contributed by atoms with Gasteiger partial charge in [-0.1, -0.05) is 42.6 Å². The molecule has 1 N–H and O–H groups in total. The highest BCUT2D eigenvalue weighted by molar-refractivity contribution is 9.09. The minimum absolute atomic E-state index is 0.253. The summed E-state index contributed by atoms with van der Waals surface area (Å²) < 4.78 is 0. The number of carbonyl (C=O) groups excluding carboxylic acids is 1. The van der Waals surface area contributed by atoms with Gasteiger partial charge in [-0.15, -0.1) is 0 Å². The number of alkyl halides is 1. The van der Waals surface area contributed by atoms with E-state index in [2.05, 4.69) is 35.1 Å². The summed E-state index contributed by atoms with van der Waals surface area (Å²) in [4.78, 5) is 11.8. The highest BCUT2D eigenvalue weighted by Gasteiger charge is 2.28. The lowest BCUT2D eigenvalue weighted by molar-refractivity contribution is -0.122. The molecular weight excluding hydrogens is 278 g/mol. The van der Waals surface area contributed by atoms with Gasteiger partial charge in [0.05, 0.1) is 0 Å². The standard InChI is InChI=1S/C14H26BrNO/c1-11(2)12-7-3-4-8-13(12)16-14(17)9-5-6-10-15/h11-13H,3-10H2,1-2H3,(H,16,17). The van der Waals surface area contributed by atoms with Gasteiger partial charge < -0.3 is 5.32 Å². The molecule has 0 radical (unpaired) electrons. The molecule has 1 amide bonds. The van der Waals surface area contributed by atoms with Crippen LogP contribution >= 0.6 is 15.9 Å². The summed E-state index contributed by atoms with van der Waals surface area (Å²) in [6.45, 7) is 4.56. The van der Waals surface area contributed by atoms with Crippen LogP contribution in [0.1, 0.15) is 58.8 Å². The van der Waals surface area contributed by atoms with Crippen molar-refractivity contribution in [1.82, 2.24) is 5.32 Å². The van der Waals surface area contributed by atoms with Gasteiger partial charge in [-0.25, -0.2) is 0 Å². The van der Waals surface area contributed by atoms with Crippen molar-refractivity contribution in [2.75, 3.05) is 5.33 Å². The van der Waals surface area contributed by atoms with Gasteiger partial charge in [-0.2, -0.15) is 0 Å². The Hall–Kier alpha value is -0.0500. The second-order valence-corrected chi connectivity index (χ2v) is 6.31. The molecule has 2 nitrogen and oxygen atoms in total. The summed E-state index contributed by atoms with van der Waals surface area (Å²) in [5.74, 6) is 1.62. The van der Waals surface area contributed by atoms with Crippen LogP contribution in [0.15, 0.2) is 0 Å². The van der Waals surface area contributed by atoms with E-state index in [0.717, 1.165) is 18.2 Å². The molecule has 0 heterocycles. The van der Waals surface area contributed by atoms with Crippen molar-refractivity contribution in [2.24, 2.45) is 11.8 Å². The minimum Gasteiger partial charge on any atom is -0.353 e. The first-order chi connectivity index (χ1) is 8.15. The zero-order valence-corrected chi connectivity index (χ0v) is 12.8. The Balaban J connectivity index is 2.34. The SMILES string of the molecule is CC(C)C1CCCCC1NC(=O)CCCCBr. The summed E-state index contributed by atoms with van der Waals surface area (Å²) >= 11 is 3.39. The number of hydrogen-bond donors (Lipinski definition) is 1. The monoisotopic (exact) mass is 303 g/mol. The number of unbranched alkanes of at least 4 members (excludes halogenated alkanes) is 1. The second kappa shape index (κ2) is 8.12. The van der Waals surface area contributed by atoms with Gasteiger partial charge in [-0.05, 0) is 37.5 Å². The summed E-state index contributed by atoms with van der Waals surface area (Å²) in [6.07, 6.45) is 7.83. The molecule has 0 spiro atoms. The summed E-state index contributed by atoms with van der Waals surface area (Å²) in [5.41, 5.74) is 0. The van der Waals surface area contributed by atoms with Crippen LogP contribution in [0.5, 0.6) is 0 Å². The lowest BCUT2D eigenvalue weighted by Crippen LogP contribution is -2.43. The summed E-state index contributed by atoms with van der Waals surface area (Å²) in [5, 5.41) is 4.25. The third kappa shape index (κ3) is 5.41. The van der Waals surface area contributed by atoms with Crippen LogP contribution in [-0.2, 0) is 4.79 Å². The van der Waals surface area contributed by atoms with E-state index in [-0.39, 0.29) is 5.91 Å². The minimum atomic E-state index is 0.253. The van der Waals surface area contributed by atoms with E-state index in [1.54, 1.807) is 0 Å². The van der Waals surface area contributed by atoms with E-state index in [9.17, 15) is 4.79 Å². The van der Waals surface area contributed by atoms with E-state index in [1.807, 2.05) is 0 Å². The van der Waals surface area contributed by atoms with Gasteiger partial charge in [0.15, 0.2) is 0 Å². The molecule has 100 valence electrons. The fourth-order valence-electron chi connectivity index (χ4n) is 2.80. The smallest absolute Gasteiger partial charge is 0.220 e. The zero-order valence-electron chi connectivity index (χ0n) is 11.2. The Morgan fingerprint density at radius 2 is 2.00 bits per heavy atom. The molecular formula is C14H26BrNO. The normalized spacial score (nSPS) is 24.9. The summed E-state index contributed by atoms with van der Waals surface area (Å²) in [7, 11) is 0. The Kier molecular flexibility index (Phi) is 7.17. The number of halogens is 1. The zero-order chi connectivity index (χ0) is 12.7. The van der Waals surface area contributed by atoms with Crippen molar-refractivity contribution in [3.05, 3.63) is 0 Å². The number of amides is 1. The number of hydrogen-bond acceptors (Lipinski definition) is 1. The average Bonchev–Trinajstić information content (AvgIpc) is 2.29. The molecule has 3 heteroatoms. The predicted molar refractivity (Wildman–Crippen MR) is 76.4 cm³/mol. The van der Waals surface area contributed by atoms with Crippen molar-refractivity contribution < 1.29 is 4.79 Å². The van der Waals surface area contributed by atoms with Gasteiger partial charge in [-0.3, -0.25) is 4.79 Å². The van der Waals surface area contributed by atoms with Crippen LogP contribution in [0.4, 0.5) is 0 Å². The van der Waals surface area contributed by atoms with Crippen molar-refractivity contribution in [1.29, 1.82) is 0 Å². The highest BCUT2D eigenvalue weighted by Crippen LogP contribution is 2.30. The van der Waals surface area contributed by atoms with Gasteiger partial charge in [0.2, 0.25) is 5.91 Å². The molecule has 17 heavy (non-hydrogen) atoms. The van der Waals surface area contributed by atoms with Crippen molar-refractivity contribution in [3.63, 3.8) is 0 Å². The van der Waals surface area contributed by atoms with E-state index in [4.69, 9.17) is 0 Å².